The van der Waals surface area contributed by atoms with Crippen LogP contribution in [0.3, 0.4) is 0 Å². The van der Waals surface area contributed by atoms with E-state index in [2.05, 4.69) is 11.8 Å². The van der Waals surface area contributed by atoms with Gasteiger partial charge >= 0.3 is 11.9 Å². The molecule has 1 rings (SSSR count). The molecule has 0 atom stereocenters. The van der Waals surface area contributed by atoms with Gasteiger partial charge in [0.2, 0.25) is 0 Å². The van der Waals surface area contributed by atoms with Gasteiger partial charge in [-0.3, -0.25) is 9.78 Å². The fraction of sp³-hybridized carbons (Fsp3) is 0.529. The minimum atomic E-state index is -1.13. The van der Waals surface area contributed by atoms with Crippen LogP contribution in [0.1, 0.15) is 68.6 Å². The van der Waals surface area contributed by atoms with E-state index in [9.17, 15) is 9.59 Å². The van der Waals surface area contributed by atoms with Crippen LogP contribution in [0.2, 0.25) is 0 Å². The Labute approximate surface area is 131 Å². The second-order valence-corrected chi connectivity index (χ2v) is 5.21. The van der Waals surface area contributed by atoms with Crippen LogP contribution in [0.5, 0.6) is 5.75 Å². The van der Waals surface area contributed by atoms with Gasteiger partial charge in [0.1, 0.15) is 5.56 Å². The van der Waals surface area contributed by atoms with E-state index in [1.54, 1.807) is 12.1 Å². The van der Waals surface area contributed by atoms with Crippen LogP contribution in [-0.4, -0.2) is 17.0 Å². The summed E-state index contributed by atoms with van der Waals surface area (Å²) in [5, 5.41) is 8.97. The van der Waals surface area contributed by atoms with Gasteiger partial charge in [0.15, 0.2) is 5.75 Å². The fourth-order valence-electron chi connectivity index (χ4n) is 2.08. The molecule has 122 valence electrons. The molecular formula is C17H24O5. The maximum Gasteiger partial charge on any atom is 0.355 e. The van der Waals surface area contributed by atoms with Crippen molar-refractivity contribution in [3.63, 3.8) is 0 Å². The first-order valence-electron chi connectivity index (χ1n) is 7.84. The average molecular weight is 308 g/mol. The normalized spacial score (nSPS) is 10.2. The average Bonchev–Trinajstić information content (AvgIpc) is 2.52. The maximum absolute atomic E-state index is 11.5. The van der Waals surface area contributed by atoms with E-state index in [0.29, 0.717) is 0 Å². The lowest BCUT2D eigenvalue weighted by Crippen LogP contribution is -2.10. The molecule has 0 amide bonds. The molecule has 0 bridgehead atoms. The van der Waals surface area contributed by atoms with Gasteiger partial charge in [0.05, 0.1) is 6.42 Å². The van der Waals surface area contributed by atoms with Gasteiger partial charge in [-0.15, -0.1) is 0 Å². The van der Waals surface area contributed by atoms with Crippen molar-refractivity contribution in [2.45, 2.75) is 58.3 Å². The summed E-state index contributed by atoms with van der Waals surface area (Å²) >= 11 is 0. The molecule has 0 saturated heterocycles. The van der Waals surface area contributed by atoms with Crippen molar-refractivity contribution in [1.29, 1.82) is 0 Å². The number of hydrogen-bond acceptors (Lipinski definition) is 4. The molecule has 0 aliphatic carbocycles. The monoisotopic (exact) mass is 308 g/mol. The molecule has 0 aliphatic heterocycles. The number of carbonyl (C=O) groups excluding carboxylic acids is 1. The highest BCUT2D eigenvalue weighted by atomic mass is 17.2. The fourth-order valence-corrected chi connectivity index (χ4v) is 2.08. The third-order valence-corrected chi connectivity index (χ3v) is 3.33. The molecule has 0 radical (unpaired) electrons. The molecule has 1 aromatic carbocycles. The molecule has 0 aromatic heterocycles. The van der Waals surface area contributed by atoms with Crippen molar-refractivity contribution in [3.8, 4) is 5.75 Å². The number of carboxylic acid groups (broad SMARTS) is 1. The zero-order chi connectivity index (χ0) is 16.2. The molecule has 1 aromatic rings. The number of aromatic carboxylic acids is 1. The molecule has 22 heavy (non-hydrogen) atoms. The summed E-state index contributed by atoms with van der Waals surface area (Å²) in [7, 11) is 0. The SMILES string of the molecule is CCCCCCCCCC(=O)OOc1ccccc1C(=O)O. The molecule has 1 N–H and O–H groups in total. The lowest BCUT2D eigenvalue weighted by molar-refractivity contribution is -0.214. The number of rotatable bonds is 11. The minimum absolute atomic E-state index is 0.0305. The molecule has 0 unspecified atom stereocenters. The molecule has 0 heterocycles. The van der Waals surface area contributed by atoms with Crippen molar-refractivity contribution in [3.05, 3.63) is 29.8 Å². The lowest BCUT2D eigenvalue weighted by atomic mass is 10.1. The predicted molar refractivity (Wildman–Crippen MR) is 82.7 cm³/mol. The quantitative estimate of drug-likeness (QED) is 0.373. The van der Waals surface area contributed by atoms with Gasteiger partial charge in [-0.05, 0) is 18.6 Å². The zero-order valence-corrected chi connectivity index (χ0v) is 13.0. The third kappa shape index (κ3) is 7.11. The van der Waals surface area contributed by atoms with E-state index in [0.717, 1.165) is 19.3 Å². The summed E-state index contributed by atoms with van der Waals surface area (Å²) in [6.45, 7) is 2.18. The Bertz CT molecular complexity index is 470. The second kappa shape index (κ2) is 10.7. The predicted octanol–water partition coefficient (Wildman–Crippen LogP) is 4.36. The van der Waals surface area contributed by atoms with Crippen molar-refractivity contribution in [2.24, 2.45) is 0 Å². The van der Waals surface area contributed by atoms with E-state index in [1.165, 1.54) is 37.8 Å². The van der Waals surface area contributed by atoms with Crippen LogP contribution >= 0.6 is 0 Å². The number of unbranched alkanes of at least 4 members (excludes halogenated alkanes) is 6. The van der Waals surface area contributed by atoms with Crippen LogP contribution in [0.25, 0.3) is 0 Å². The molecule has 0 aliphatic rings. The summed E-state index contributed by atoms with van der Waals surface area (Å²) in [4.78, 5) is 32.0. The summed E-state index contributed by atoms with van der Waals surface area (Å²) in [6, 6.07) is 6.04. The van der Waals surface area contributed by atoms with Crippen molar-refractivity contribution >= 4 is 11.9 Å². The molecule has 0 fully saturated rings. The highest BCUT2D eigenvalue weighted by molar-refractivity contribution is 5.90. The summed E-state index contributed by atoms with van der Waals surface area (Å²) in [6.07, 6.45) is 8.08. The highest BCUT2D eigenvalue weighted by Gasteiger charge is 2.13. The lowest BCUT2D eigenvalue weighted by Gasteiger charge is -2.06. The van der Waals surface area contributed by atoms with Crippen LogP contribution < -0.4 is 4.89 Å². The summed E-state index contributed by atoms with van der Waals surface area (Å²) in [5.41, 5.74) is -0.0359. The van der Waals surface area contributed by atoms with Gasteiger partial charge in [-0.1, -0.05) is 57.6 Å². The molecule has 0 saturated carbocycles. The summed E-state index contributed by atoms with van der Waals surface area (Å²) in [5.74, 6) is -1.57. The highest BCUT2D eigenvalue weighted by Crippen LogP contribution is 2.18. The van der Waals surface area contributed by atoms with Crippen LogP contribution in [-0.2, 0) is 9.68 Å². The maximum atomic E-state index is 11.5. The Hall–Kier alpha value is -2.04. The first-order chi connectivity index (χ1) is 10.6. The zero-order valence-electron chi connectivity index (χ0n) is 13.0. The Kier molecular flexibility index (Phi) is 8.72. The van der Waals surface area contributed by atoms with Crippen molar-refractivity contribution in [1.82, 2.24) is 0 Å². The van der Waals surface area contributed by atoms with Gasteiger partial charge in [0.25, 0.3) is 0 Å². The van der Waals surface area contributed by atoms with Gasteiger partial charge in [-0.25, -0.2) is 9.59 Å². The van der Waals surface area contributed by atoms with E-state index >= 15 is 0 Å². The van der Waals surface area contributed by atoms with Crippen LogP contribution in [0, 0.1) is 0 Å². The molecule has 0 spiro atoms. The minimum Gasteiger partial charge on any atom is -0.478 e. The Balaban J connectivity index is 2.20. The van der Waals surface area contributed by atoms with Gasteiger partial charge in [0, 0.05) is 0 Å². The van der Waals surface area contributed by atoms with Crippen molar-refractivity contribution < 1.29 is 24.5 Å². The Morgan fingerprint density at radius 2 is 1.64 bits per heavy atom. The Morgan fingerprint density at radius 1 is 1.00 bits per heavy atom. The third-order valence-electron chi connectivity index (χ3n) is 3.33. The summed E-state index contributed by atoms with van der Waals surface area (Å²) < 4.78 is 0. The molecular weight excluding hydrogens is 284 g/mol. The number of carboxylic acids is 1. The molecule has 5 heteroatoms. The largest absolute Gasteiger partial charge is 0.478 e. The van der Waals surface area contributed by atoms with E-state index in [-0.39, 0.29) is 17.7 Å². The molecule has 5 nitrogen and oxygen atoms in total. The second-order valence-electron chi connectivity index (χ2n) is 5.21. The number of hydrogen-bond donors (Lipinski definition) is 1. The van der Waals surface area contributed by atoms with Gasteiger partial charge < -0.3 is 5.11 Å². The number of para-hydroxylation sites is 1. The standard InChI is InChI=1S/C17H24O5/c1-2-3-4-5-6-7-8-13-16(18)22-21-15-12-10-9-11-14(15)17(19)20/h9-12H,2-8,13H2,1H3,(H,19,20). The van der Waals surface area contributed by atoms with E-state index in [1.807, 2.05) is 0 Å². The van der Waals surface area contributed by atoms with Crippen LogP contribution in [0.15, 0.2) is 24.3 Å². The number of benzene rings is 1. The van der Waals surface area contributed by atoms with Gasteiger partial charge in [-0.2, -0.15) is 0 Å². The van der Waals surface area contributed by atoms with Crippen molar-refractivity contribution in [2.75, 3.05) is 0 Å². The number of carbonyl (C=O) groups is 2. The Morgan fingerprint density at radius 3 is 2.32 bits per heavy atom. The topological polar surface area (TPSA) is 72.8 Å². The first kappa shape index (κ1) is 18.0. The smallest absolute Gasteiger partial charge is 0.355 e. The first-order valence-corrected chi connectivity index (χ1v) is 7.84. The van der Waals surface area contributed by atoms with Crippen LogP contribution in [0.4, 0.5) is 0 Å². The van der Waals surface area contributed by atoms with E-state index < -0.39 is 11.9 Å². The van der Waals surface area contributed by atoms with E-state index in [4.69, 9.17) is 9.99 Å².